The van der Waals surface area contributed by atoms with Crippen molar-refractivity contribution in [2.45, 2.75) is 19.3 Å². The van der Waals surface area contributed by atoms with E-state index in [4.69, 9.17) is 6.42 Å². The molecule has 0 rings (SSSR count). The van der Waals surface area contributed by atoms with Gasteiger partial charge in [-0.2, -0.15) is 0 Å². The van der Waals surface area contributed by atoms with Crippen LogP contribution in [0.3, 0.4) is 0 Å². The van der Waals surface area contributed by atoms with E-state index in [9.17, 15) is 4.79 Å². The number of unbranched alkanes of at least 4 members (excludes halogenated alkanes) is 1. The van der Waals surface area contributed by atoms with Crippen LogP contribution >= 0.6 is 0 Å². The molecule has 0 saturated heterocycles. The second-order valence-corrected chi connectivity index (χ2v) is 2.48. The van der Waals surface area contributed by atoms with E-state index in [-0.39, 0.29) is 5.91 Å². The topological polar surface area (TPSA) is 41.1 Å². The van der Waals surface area contributed by atoms with Crippen LogP contribution in [-0.2, 0) is 4.79 Å². The van der Waals surface area contributed by atoms with Gasteiger partial charge in [0, 0.05) is 26.4 Å². The molecule has 3 heteroatoms. The van der Waals surface area contributed by atoms with E-state index in [1.165, 1.54) is 0 Å². The van der Waals surface area contributed by atoms with Gasteiger partial charge >= 0.3 is 0 Å². The Bertz CT molecular complexity index is 160. The molecule has 0 aromatic carbocycles. The summed E-state index contributed by atoms with van der Waals surface area (Å²) in [7, 11) is 1.64. The fraction of sp³-hybridized carbons (Fsp3) is 0.667. The van der Waals surface area contributed by atoms with Gasteiger partial charge < -0.3 is 10.6 Å². The highest BCUT2D eigenvalue weighted by Crippen LogP contribution is 1.83. The van der Waals surface area contributed by atoms with Crippen molar-refractivity contribution in [1.82, 2.24) is 10.6 Å². The summed E-state index contributed by atoms with van der Waals surface area (Å²) in [6.45, 7) is 1.62. The fourth-order valence-corrected chi connectivity index (χ4v) is 0.767. The number of terminal acetylenes is 1. The molecule has 0 heterocycles. The Balaban J connectivity index is 3.01. The lowest BCUT2D eigenvalue weighted by Gasteiger charge is -2.01. The van der Waals surface area contributed by atoms with Crippen molar-refractivity contribution < 1.29 is 4.79 Å². The third kappa shape index (κ3) is 7.10. The largest absolute Gasteiger partial charge is 0.359 e. The van der Waals surface area contributed by atoms with Gasteiger partial charge in [0.25, 0.3) is 0 Å². The maximum Gasteiger partial charge on any atom is 0.221 e. The summed E-state index contributed by atoms with van der Waals surface area (Å²) in [5.41, 5.74) is 0. The van der Waals surface area contributed by atoms with Gasteiger partial charge in [0.1, 0.15) is 0 Å². The lowest BCUT2D eigenvalue weighted by atomic mass is 10.3. The fourth-order valence-electron chi connectivity index (χ4n) is 0.767. The van der Waals surface area contributed by atoms with Gasteiger partial charge in [-0.25, -0.2) is 0 Å². The molecular weight excluding hydrogens is 152 g/mol. The molecule has 0 atom stereocenters. The molecule has 0 aliphatic heterocycles. The summed E-state index contributed by atoms with van der Waals surface area (Å²) in [6, 6.07) is 0. The van der Waals surface area contributed by atoms with E-state index in [0.717, 1.165) is 25.9 Å². The second-order valence-electron chi connectivity index (χ2n) is 2.48. The summed E-state index contributed by atoms with van der Waals surface area (Å²) in [4.78, 5) is 10.7. The second kappa shape index (κ2) is 8.09. The highest BCUT2D eigenvalue weighted by Gasteiger charge is 1.94. The molecule has 0 aliphatic rings. The van der Waals surface area contributed by atoms with Crippen molar-refractivity contribution >= 4 is 5.91 Å². The normalized spacial score (nSPS) is 9.00. The number of carbonyl (C=O) groups excluding carboxylic acids is 1. The SMILES string of the molecule is C#CCCCNCCC(=O)NC. The zero-order valence-corrected chi connectivity index (χ0v) is 7.52. The van der Waals surface area contributed by atoms with E-state index in [2.05, 4.69) is 16.6 Å². The molecular formula is C9H16N2O. The van der Waals surface area contributed by atoms with Crippen molar-refractivity contribution in [2.75, 3.05) is 20.1 Å². The average molecular weight is 168 g/mol. The number of amides is 1. The predicted octanol–water partition coefficient (Wildman–Crippen LogP) is 0.125. The van der Waals surface area contributed by atoms with Crippen LogP contribution in [0.4, 0.5) is 0 Å². The summed E-state index contributed by atoms with van der Waals surface area (Å²) < 4.78 is 0. The molecule has 12 heavy (non-hydrogen) atoms. The highest BCUT2D eigenvalue weighted by atomic mass is 16.1. The van der Waals surface area contributed by atoms with Crippen LogP contribution in [-0.4, -0.2) is 26.0 Å². The molecule has 0 fully saturated rings. The number of nitrogens with one attached hydrogen (secondary N) is 2. The van der Waals surface area contributed by atoms with Gasteiger partial charge in [-0.1, -0.05) is 0 Å². The monoisotopic (exact) mass is 168 g/mol. The quantitative estimate of drug-likeness (QED) is 0.437. The minimum atomic E-state index is 0.0689. The van der Waals surface area contributed by atoms with Crippen LogP contribution in [0, 0.1) is 12.3 Å². The Morgan fingerprint density at radius 1 is 1.50 bits per heavy atom. The molecule has 0 aromatic rings. The summed E-state index contributed by atoms with van der Waals surface area (Å²) >= 11 is 0. The molecule has 0 unspecified atom stereocenters. The van der Waals surface area contributed by atoms with E-state index < -0.39 is 0 Å². The molecule has 0 aromatic heterocycles. The first-order valence-electron chi connectivity index (χ1n) is 4.16. The lowest BCUT2D eigenvalue weighted by molar-refractivity contribution is -0.120. The molecule has 0 radical (unpaired) electrons. The van der Waals surface area contributed by atoms with E-state index in [1.54, 1.807) is 7.05 Å². The molecule has 68 valence electrons. The third-order valence-corrected chi connectivity index (χ3v) is 1.48. The van der Waals surface area contributed by atoms with Gasteiger partial charge in [0.05, 0.1) is 0 Å². The summed E-state index contributed by atoms with van der Waals surface area (Å²) in [5, 5.41) is 5.68. The van der Waals surface area contributed by atoms with Crippen LogP contribution in [0.5, 0.6) is 0 Å². The zero-order valence-electron chi connectivity index (χ0n) is 7.52. The van der Waals surface area contributed by atoms with Gasteiger partial charge in [-0.05, 0) is 13.0 Å². The summed E-state index contributed by atoms with van der Waals surface area (Å²) in [6.07, 6.45) is 7.38. The van der Waals surface area contributed by atoms with Gasteiger partial charge in [0.2, 0.25) is 5.91 Å². The minimum absolute atomic E-state index is 0.0689. The maximum atomic E-state index is 10.7. The first-order chi connectivity index (χ1) is 5.81. The number of carbonyl (C=O) groups is 1. The van der Waals surface area contributed by atoms with Crippen molar-refractivity contribution in [2.24, 2.45) is 0 Å². The number of hydrogen-bond acceptors (Lipinski definition) is 2. The van der Waals surface area contributed by atoms with Crippen molar-refractivity contribution in [3.8, 4) is 12.3 Å². The van der Waals surface area contributed by atoms with Crippen LogP contribution in [0.15, 0.2) is 0 Å². The summed E-state index contributed by atoms with van der Waals surface area (Å²) in [5.74, 6) is 2.63. The van der Waals surface area contributed by atoms with Crippen LogP contribution in [0.2, 0.25) is 0 Å². The van der Waals surface area contributed by atoms with Crippen LogP contribution < -0.4 is 10.6 Å². The molecule has 0 aliphatic carbocycles. The number of rotatable bonds is 6. The average Bonchev–Trinajstić information content (AvgIpc) is 2.10. The van der Waals surface area contributed by atoms with Gasteiger partial charge in [0.15, 0.2) is 0 Å². The Hall–Kier alpha value is -1.01. The zero-order chi connectivity index (χ0) is 9.23. The van der Waals surface area contributed by atoms with Gasteiger partial charge in [-0.15, -0.1) is 12.3 Å². The van der Waals surface area contributed by atoms with Crippen molar-refractivity contribution in [3.05, 3.63) is 0 Å². The Morgan fingerprint density at radius 2 is 2.25 bits per heavy atom. The highest BCUT2D eigenvalue weighted by molar-refractivity contribution is 5.75. The molecule has 0 bridgehead atoms. The first kappa shape index (κ1) is 11.0. The number of hydrogen-bond donors (Lipinski definition) is 2. The molecule has 0 saturated carbocycles. The van der Waals surface area contributed by atoms with Crippen LogP contribution in [0.25, 0.3) is 0 Å². The Labute approximate surface area is 73.9 Å². The standard InChI is InChI=1S/C9H16N2O/c1-3-4-5-7-11-8-6-9(12)10-2/h1,11H,4-8H2,2H3,(H,10,12). The molecule has 2 N–H and O–H groups in total. The molecule has 3 nitrogen and oxygen atoms in total. The first-order valence-corrected chi connectivity index (χ1v) is 4.16. The maximum absolute atomic E-state index is 10.7. The Morgan fingerprint density at radius 3 is 2.83 bits per heavy atom. The van der Waals surface area contributed by atoms with Crippen LogP contribution in [0.1, 0.15) is 19.3 Å². The lowest BCUT2D eigenvalue weighted by Crippen LogP contribution is -2.25. The smallest absolute Gasteiger partial charge is 0.221 e. The van der Waals surface area contributed by atoms with E-state index in [1.807, 2.05) is 0 Å². The third-order valence-electron chi connectivity index (χ3n) is 1.48. The van der Waals surface area contributed by atoms with E-state index >= 15 is 0 Å². The molecule has 1 amide bonds. The Kier molecular flexibility index (Phi) is 7.41. The van der Waals surface area contributed by atoms with Crippen molar-refractivity contribution in [3.63, 3.8) is 0 Å². The minimum Gasteiger partial charge on any atom is -0.359 e. The van der Waals surface area contributed by atoms with Gasteiger partial charge in [-0.3, -0.25) is 4.79 Å². The molecule has 0 spiro atoms. The van der Waals surface area contributed by atoms with E-state index in [0.29, 0.717) is 6.42 Å². The van der Waals surface area contributed by atoms with Crippen molar-refractivity contribution in [1.29, 1.82) is 0 Å². The predicted molar refractivity (Wildman–Crippen MR) is 49.6 cm³/mol.